The summed E-state index contributed by atoms with van der Waals surface area (Å²) >= 11 is 0. The number of benzene rings is 1. The SMILES string of the molecule is CNCCN(C)Cc1n[nH]cc1-c1ccc(OCC(C)C)c(C(F)(F)F)c1. The standard InChI is InChI=1S/C19H27F3N4O/c1-13(2)12-27-18-6-5-14(9-16(18)19(20,21)22)15-10-24-25-17(15)11-26(4)8-7-23-3/h5-6,9-10,13,23H,7-8,11-12H2,1-4H3,(H,24,25). The molecule has 0 saturated heterocycles. The van der Waals surface area contributed by atoms with Crippen molar-refractivity contribution in [3.8, 4) is 16.9 Å². The van der Waals surface area contributed by atoms with Gasteiger partial charge in [0.2, 0.25) is 0 Å². The number of hydrogen-bond acceptors (Lipinski definition) is 4. The van der Waals surface area contributed by atoms with Gasteiger partial charge in [0.15, 0.2) is 0 Å². The molecule has 27 heavy (non-hydrogen) atoms. The molecule has 150 valence electrons. The Balaban J connectivity index is 2.30. The fourth-order valence-corrected chi connectivity index (χ4v) is 2.63. The second-order valence-electron chi connectivity index (χ2n) is 7.00. The average molecular weight is 384 g/mol. The van der Waals surface area contributed by atoms with E-state index in [4.69, 9.17) is 4.74 Å². The van der Waals surface area contributed by atoms with E-state index >= 15 is 0 Å². The van der Waals surface area contributed by atoms with Crippen molar-refractivity contribution in [3.63, 3.8) is 0 Å². The van der Waals surface area contributed by atoms with Gasteiger partial charge in [-0.2, -0.15) is 18.3 Å². The van der Waals surface area contributed by atoms with E-state index in [1.165, 1.54) is 6.07 Å². The van der Waals surface area contributed by atoms with E-state index in [0.29, 0.717) is 23.4 Å². The molecule has 1 heterocycles. The minimum absolute atomic E-state index is 0.138. The lowest BCUT2D eigenvalue weighted by Gasteiger charge is -2.18. The molecule has 2 rings (SSSR count). The van der Waals surface area contributed by atoms with Crippen molar-refractivity contribution < 1.29 is 17.9 Å². The van der Waals surface area contributed by atoms with Crippen molar-refractivity contribution in [1.29, 1.82) is 0 Å². The molecule has 0 aliphatic heterocycles. The molecule has 2 N–H and O–H groups in total. The van der Waals surface area contributed by atoms with E-state index < -0.39 is 11.7 Å². The van der Waals surface area contributed by atoms with E-state index in [-0.39, 0.29) is 18.3 Å². The van der Waals surface area contributed by atoms with Gasteiger partial charge in [-0.3, -0.25) is 10.00 Å². The minimum atomic E-state index is -4.49. The topological polar surface area (TPSA) is 53.2 Å². The summed E-state index contributed by atoms with van der Waals surface area (Å²) in [6.07, 6.45) is -2.86. The second kappa shape index (κ2) is 9.23. The molecule has 0 atom stereocenters. The molecule has 0 aliphatic carbocycles. The van der Waals surface area contributed by atoms with Gasteiger partial charge >= 0.3 is 6.18 Å². The van der Waals surface area contributed by atoms with Gasteiger partial charge < -0.3 is 10.1 Å². The van der Waals surface area contributed by atoms with Gasteiger partial charge in [-0.1, -0.05) is 19.9 Å². The fourth-order valence-electron chi connectivity index (χ4n) is 2.63. The normalized spacial score (nSPS) is 12.2. The zero-order valence-corrected chi connectivity index (χ0v) is 16.2. The molecule has 1 aromatic heterocycles. The number of likely N-dealkylation sites (N-methyl/N-ethyl adjacent to an activating group) is 2. The Bertz CT molecular complexity index is 728. The third-order valence-electron chi connectivity index (χ3n) is 4.05. The number of alkyl halides is 3. The van der Waals surface area contributed by atoms with Crippen LogP contribution in [-0.2, 0) is 12.7 Å². The van der Waals surface area contributed by atoms with E-state index in [1.807, 2.05) is 27.9 Å². The second-order valence-corrected chi connectivity index (χ2v) is 7.00. The van der Waals surface area contributed by atoms with Crippen LogP contribution in [-0.4, -0.2) is 48.9 Å². The largest absolute Gasteiger partial charge is 0.493 e. The Morgan fingerprint density at radius 1 is 1.30 bits per heavy atom. The van der Waals surface area contributed by atoms with Crippen molar-refractivity contribution in [1.82, 2.24) is 20.4 Å². The summed E-state index contributed by atoms with van der Waals surface area (Å²) < 4.78 is 46.0. The van der Waals surface area contributed by atoms with Crippen LogP contribution in [0, 0.1) is 5.92 Å². The Labute approximate surface area is 157 Å². The Hall–Kier alpha value is -2.06. The average Bonchev–Trinajstić information content (AvgIpc) is 3.05. The van der Waals surface area contributed by atoms with Gasteiger partial charge in [0.25, 0.3) is 0 Å². The highest BCUT2D eigenvalue weighted by Gasteiger charge is 2.35. The summed E-state index contributed by atoms with van der Waals surface area (Å²) in [4.78, 5) is 2.06. The molecule has 0 radical (unpaired) electrons. The Morgan fingerprint density at radius 2 is 2.04 bits per heavy atom. The maximum absolute atomic E-state index is 13.5. The first-order valence-corrected chi connectivity index (χ1v) is 8.92. The highest BCUT2D eigenvalue weighted by atomic mass is 19.4. The van der Waals surface area contributed by atoms with Crippen molar-refractivity contribution in [2.45, 2.75) is 26.6 Å². The van der Waals surface area contributed by atoms with Crippen LogP contribution in [0.25, 0.3) is 11.1 Å². The number of ether oxygens (including phenoxy) is 1. The summed E-state index contributed by atoms with van der Waals surface area (Å²) in [5, 5.41) is 10.0. The molecule has 0 aliphatic rings. The lowest BCUT2D eigenvalue weighted by atomic mass is 10.0. The first-order chi connectivity index (χ1) is 12.7. The number of aromatic amines is 1. The van der Waals surface area contributed by atoms with Crippen LogP contribution < -0.4 is 10.1 Å². The molecule has 8 heteroatoms. The number of nitrogens with one attached hydrogen (secondary N) is 2. The molecular weight excluding hydrogens is 357 g/mol. The van der Waals surface area contributed by atoms with Crippen LogP contribution in [0.5, 0.6) is 5.75 Å². The quantitative estimate of drug-likeness (QED) is 0.691. The van der Waals surface area contributed by atoms with Gasteiger partial charge in [0.05, 0.1) is 17.9 Å². The van der Waals surface area contributed by atoms with Gasteiger partial charge in [-0.05, 0) is 37.7 Å². The number of rotatable bonds is 9. The minimum Gasteiger partial charge on any atom is -0.493 e. The summed E-state index contributed by atoms with van der Waals surface area (Å²) in [6, 6.07) is 4.17. The smallest absolute Gasteiger partial charge is 0.419 e. The zero-order chi connectivity index (χ0) is 20.0. The number of halogens is 3. The van der Waals surface area contributed by atoms with Crippen LogP contribution in [0.4, 0.5) is 13.2 Å². The molecule has 0 bridgehead atoms. The van der Waals surface area contributed by atoms with E-state index in [0.717, 1.165) is 19.2 Å². The van der Waals surface area contributed by atoms with Crippen molar-refractivity contribution in [2.75, 3.05) is 33.8 Å². The molecule has 0 fully saturated rings. The highest BCUT2D eigenvalue weighted by molar-refractivity contribution is 5.67. The Morgan fingerprint density at radius 3 is 2.67 bits per heavy atom. The van der Waals surface area contributed by atoms with Crippen molar-refractivity contribution >= 4 is 0 Å². The molecule has 1 aromatic carbocycles. The van der Waals surface area contributed by atoms with E-state index in [9.17, 15) is 13.2 Å². The molecule has 0 saturated carbocycles. The van der Waals surface area contributed by atoms with Gasteiger partial charge in [0, 0.05) is 31.4 Å². The van der Waals surface area contributed by atoms with Gasteiger partial charge in [-0.15, -0.1) is 0 Å². The van der Waals surface area contributed by atoms with Crippen LogP contribution >= 0.6 is 0 Å². The predicted octanol–water partition coefficient (Wildman–Crippen LogP) is 3.78. The van der Waals surface area contributed by atoms with Crippen molar-refractivity contribution in [2.24, 2.45) is 5.92 Å². The monoisotopic (exact) mass is 384 g/mol. The summed E-state index contributed by atoms with van der Waals surface area (Å²) in [6.45, 7) is 6.17. The maximum Gasteiger partial charge on any atom is 0.419 e. The van der Waals surface area contributed by atoms with Crippen LogP contribution in [0.2, 0.25) is 0 Å². The maximum atomic E-state index is 13.5. The number of hydrogen-bond donors (Lipinski definition) is 2. The molecule has 0 amide bonds. The predicted molar refractivity (Wildman–Crippen MR) is 99.6 cm³/mol. The first kappa shape index (κ1) is 21.2. The number of H-pyrrole nitrogens is 1. The molecule has 2 aromatic rings. The van der Waals surface area contributed by atoms with Crippen LogP contribution in [0.15, 0.2) is 24.4 Å². The molecule has 0 unspecified atom stereocenters. The lowest BCUT2D eigenvalue weighted by Crippen LogP contribution is -2.27. The third kappa shape index (κ3) is 5.97. The fraction of sp³-hybridized carbons (Fsp3) is 0.526. The zero-order valence-electron chi connectivity index (χ0n) is 16.2. The summed E-state index contributed by atoms with van der Waals surface area (Å²) in [5.74, 6) is -0.00415. The molecule has 5 nitrogen and oxygen atoms in total. The van der Waals surface area contributed by atoms with Crippen LogP contribution in [0.3, 0.4) is 0 Å². The van der Waals surface area contributed by atoms with Crippen LogP contribution in [0.1, 0.15) is 25.1 Å². The lowest BCUT2D eigenvalue weighted by molar-refractivity contribution is -0.139. The third-order valence-corrected chi connectivity index (χ3v) is 4.05. The Kier molecular flexibility index (Phi) is 7.26. The molecule has 0 spiro atoms. The highest BCUT2D eigenvalue weighted by Crippen LogP contribution is 2.39. The summed E-state index contributed by atoms with van der Waals surface area (Å²) in [7, 11) is 3.81. The summed E-state index contributed by atoms with van der Waals surface area (Å²) in [5.41, 5.74) is 1.06. The first-order valence-electron chi connectivity index (χ1n) is 8.92. The van der Waals surface area contributed by atoms with Gasteiger partial charge in [-0.25, -0.2) is 0 Å². The molecular formula is C19H27F3N4O. The van der Waals surface area contributed by atoms with Crippen molar-refractivity contribution in [3.05, 3.63) is 35.7 Å². The van der Waals surface area contributed by atoms with Gasteiger partial charge in [0.1, 0.15) is 5.75 Å². The van der Waals surface area contributed by atoms with E-state index in [2.05, 4.69) is 20.4 Å². The van der Waals surface area contributed by atoms with E-state index in [1.54, 1.807) is 12.3 Å². The number of nitrogens with zero attached hydrogens (tertiary/aromatic N) is 2. The number of aromatic nitrogens is 2.